The van der Waals surface area contributed by atoms with Crippen LogP contribution >= 0.6 is 0 Å². The van der Waals surface area contributed by atoms with Gasteiger partial charge in [-0.25, -0.2) is 9.97 Å². The second kappa shape index (κ2) is 8.79. The van der Waals surface area contributed by atoms with Crippen LogP contribution in [0.4, 0.5) is 17.5 Å². The maximum absolute atomic E-state index is 5.58. The van der Waals surface area contributed by atoms with Gasteiger partial charge in [0.15, 0.2) is 5.82 Å². The molecule has 0 saturated carbocycles. The molecule has 0 aromatic carbocycles. The molecule has 30 heavy (non-hydrogen) atoms. The highest BCUT2D eigenvalue weighted by Gasteiger charge is 2.25. The van der Waals surface area contributed by atoms with Crippen molar-refractivity contribution in [3.8, 4) is 0 Å². The van der Waals surface area contributed by atoms with Crippen molar-refractivity contribution in [1.29, 1.82) is 0 Å². The van der Waals surface area contributed by atoms with Crippen LogP contribution in [0.25, 0.3) is 5.57 Å². The summed E-state index contributed by atoms with van der Waals surface area (Å²) in [7, 11) is 0. The average molecular weight is 406 g/mol. The number of hydrogen-bond donors (Lipinski definition) is 0. The Labute approximate surface area is 176 Å². The largest absolute Gasteiger partial charge is 0.378 e. The monoisotopic (exact) mass is 405 g/mol. The predicted octanol–water partition coefficient (Wildman–Crippen LogP) is 2.16. The molecule has 0 unspecified atom stereocenters. The van der Waals surface area contributed by atoms with Gasteiger partial charge in [0, 0.05) is 51.7 Å². The van der Waals surface area contributed by atoms with Crippen molar-refractivity contribution in [2.75, 3.05) is 67.2 Å². The highest BCUT2D eigenvalue weighted by Crippen LogP contribution is 2.32. The van der Waals surface area contributed by atoms with E-state index in [0.29, 0.717) is 0 Å². The Bertz CT molecular complexity index is 916. The van der Waals surface area contributed by atoms with Gasteiger partial charge in [0.25, 0.3) is 0 Å². The molecule has 1 aliphatic carbocycles. The van der Waals surface area contributed by atoms with Crippen molar-refractivity contribution < 1.29 is 4.74 Å². The summed E-state index contributed by atoms with van der Waals surface area (Å²) in [5.74, 6) is 1.76. The highest BCUT2D eigenvalue weighted by atomic mass is 16.5. The maximum Gasteiger partial charge on any atom is 0.225 e. The van der Waals surface area contributed by atoms with Crippen LogP contribution in [-0.4, -0.2) is 72.6 Å². The molecule has 0 atom stereocenters. The van der Waals surface area contributed by atoms with Gasteiger partial charge in [-0.2, -0.15) is 0 Å². The van der Waals surface area contributed by atoms with Crippen molar-refractivity contribution in [2.24, 2.45) is 0 Å². The van der Waals surface area contributed by atoms with E-state index in [1.807, 2.05) is 6.07 Å². The molecule has 156 valence electrons. The van der Waals surface area contributed by atoms with Crippen molar-refractivity contribution in [3.05, 3.63) is 48.4 Å². The van der Waals surface area contributed by atoms with Gasteiger partial charge < -0.3 is 19.4 Å². The zero-order chi connectivity index (χ0) is 20.2. The summed E-state index contributed by atoms with van der Waals surface area (Å²) in [5.41, 5.74) is 3.28. The number of aromatic nitrogens is 4. The SMILES string of the molecule is C1=CC(c2cc(N3CCOCC3)c(N3CCN(c4ncccn4)CC3)nn2)=CCC1. The quantitative estimate of drug-likeness (QED) is 0.767. The van der Waals surface area contributed by atoms with Gasteiger partial charge in [0.05, 0.1) is 24.6 Å². The summed E-state index contributed by atoms with van der Waals surface area (Å²) in [6.45, 7) is 6.72. The molecular formula is C22H27N7O. The number of morpholine rings is 1. The van der Waals surface area contributed by atoms with E-state index in [1.54, 1.807) is 12.4 Å². The van der Waals surface area contributed by atoms with Crippen molar-refractivity contribution >= 4 is 23.0 Å². The van der Waals surface area contributed by atoms with E-state index in [0.717, 1.165) is 88.5 Å². The Kier molecular flexibility index (Phi) is 5.56. The molecule has 3 aliphatic rings. The molecule has 5 rings (SSSR count). The van der Waals surface area contributed by atoms with E-state index >= 15 is 0 Å². The molecule has 2 aromatic rings. The van der Waals surface area contributed by atoms with E-state index in [4.69, 9.17) is 9.84 Å². The number of nitrogens with zero attached hydrogens (tertiary/aromatic N) is 7. The van der Waals surface area contributed by atoms with Crippen molar-refractivity contribution in [3.63, 3.8) is 0 Å². The first kappa shape index (κ1) is 19.0. The fraction of sp³-hybridized carbons (Fsp3) is 0.455. The standard InChI is InChI=1S/C22H27N7O/c1-2-5-18(6-3-1)19-17-20(27-13-15-30-16-14-27)21(26-25-19)28-9-11-29(12-10-28)22-23-7-4-8-24-22/h2,4-8,17H,1,3,9-16H2. The van der Waals surface area contributed by atoms with Crippen LogP contribution in [-0.2, 0) is 4.74 Å². The average Bonchev–Trinajstić information content (AvgIpc) is 2.85. The van der Waals surface area contributed by atoms with E-state index < -0.39 is 0 Å². The van der Waals surface area contributed by atoms with E-state index in [2.05, 4.69) is 54.1 Å². The van der Waals surface area contributed by atoms with Gasteiger partial charge in [0.1, 0.15) is 0 Å². The molecule has 2 aliphatic heterocycles. The lowest BCUT2D eigenvalue weighted by atomic mass is 10.0. The van der Waals surface area contributed by atoms with Crippen molar-refractivity contribution in [1.82, 2.24) is 20.2 Å². The van der Waals surface area contributed by atoms with Crippen LogP contribution in [0, 0.1) is 0 Å². The van der Waals surface area contributed by atoms with E-state index in [1.165, 1.54) is 5.57 Å². The first-order valence-electron chi connectivity index (χ1n) is 10.7. The summed E-state index contributed by atoms with van der Waals surface area (Å²) < 4.78 is 5.58. The molecule has 4 heterocycles. The minimum absolute atomic E-state index is 0.749. The second-order valence-electron chi connectivity index (χ2n) is 7.70. The third kappa shape index (κ3) is 4.00. The molecule has 0 bridgehead atoms. The van der Waals surface area contributed by atoms with Crippen LogP contribution in [0.2, 0.25) is 0 Å². The van der Waals surface area contributed by atoms with Crippen LogP contribution in [0.5, 0.6) is 0 Å². The summed E-state index contributed by atoms with van der Waals surface area (Å²) >= 11 is 0. The van der Waals surface area contributed by atoms with Gasteiger partial charge in [0.2, 0.25) is 5.95 Å². The summed E-state index contributed by atoms with van der Waals surface area (Å²) in [5, 5.41) is 9.32. The topological polar surface area (TPSA) is 70.5 Å². The summed E-state index contributed by atoms with van der Waals surface area (Å²) in [6, 6.07) is 4.06. The lowest BCUT2D eigenvalue weighted by molar-refractivity contribution is 0.122. The molecule has 8 nitrogen and oxygen atoms in total. The molecule has 0 N–H and O–H groups in total. The number of anilines is 3. The summed E-state index contributed by atoms with van der Waals surface area (Å²) in [4.78, 5) is 15.7. The lowest BCUT2D eigenvalue weighted by Crippen LogP contribution is -2.48. The number of piperazine rings is 1. The smallest absolute Gasteiger partial charge is 0.225 e. The normalized spacial score (nSPS) is 19.7. The predicted molar refractivity (Wildman–Crippen MR) is 118 cm³/mol. The first-order chi connectivity index (χ1) is 14.9. The number of allylic oxidation sites excluding steroid dienone is 4. The molecule has 8 heteroatoms. The van der Waals surface area contributed by atoms with E-state index in [9.17, 15) is 0 Å². The second-order valence-corrected chi connectivity index (χ2v) is 7.70. The number of rotatable bonds is 4. The Morgan fingerprint density at radius 1 is 0.800 bits per heavy atom. The maximum atomic E-state index is 5.58. The fourth-order valence-corrected chi connectivity index (χ4v) is 4.15. The molecule has 0 radical (unpaired) electrons. The lowest BCUT2D eigenvalue weighted by Gasteiger charge is -2.38. The Morgan fingerprint density at radius 2 is 1.57 bits per heavy atom. The molecule has 0 amide bonds. The van der Waals surface area contributed by atoms with Gasteiger partial charge >= 0.3 is 0 Å². The third-order valence-electron chi connectivity index (χ3n) is 5.81. The van der Waals surface area contributed by atoms with E-state index in [-0.39, 0.29) is 0 Å². The number of hydrogen-bond acceptors (Lipinski definition) is 8. The highest BCUT2D eigenvalue weighted by molar-refractivity contribution is 5.77. The minimum Gasteiger partial charge on any atom is -0.378 e. The molecule has 2 fully saturated rings. The summed E-state index contributed by atoms with van der Waals surface area (Å²) in [6.07, 6.45) is 12.4. The Morgan fingerprint density at radius 3 is 2.30 bits per heavy atom. The molecule has 2 aromatic heterocycles. The van der Waals surface area contributed by atoms with Crippen LogP contribution < -0.4 is 14.7 Å². The van der Waals surface area contributed by atoms with Crippen LogP contribution in [0.3, 0.4) is 0 Å². The first-order valence-corrected chi connectivity index (χ1v) is 10.7. The van der Waals surface area contributed by atoms with Gasteiger partial charge in [-0.1, -0.05) is 18.2 Å². The van der Waals surface area contributed by atoms with Crippen LogP contribution in [0.15, 0.2) is 42.8 Å². The zero-order valence-electron chi connectivity index (χ0n) is 17.2. The minimum atomic E-state index is 0.749. The molecular weight excluding hydrogens is 378 g/mol. The molecule has 2 saturated heterocycles. The number of ether oxygens (including phenoxy) is 1. The molecule has 0 spiro atoms. The van der Waals surface area contributed by atoms with Gasteiger partial charge in [-0.3, -0.25) is 0 Å². The van der Waals surface area contributed by atoms with Gasteiger partial charge in [-0.05, 0) is 30.5 Å². The zero-order valence-corrected chi connectivity index (χ0v) is 17.2. The fourth-order valence-electron chi connectivity index (χ4n) is 4.15. The van der Waals surface area contributed by atoms with Crippen LogP contribution in [0.1, 0.15) is 18.5 Å². The third-order valence-corrected chi connectivity index (χ3v) is 5.81. The Balaban J connectivity index is 1.39. The Hall–Kier alpha value is -3.00. The van der Waals surface area contributed by atoms with Gasteiger partial charge in [-0.15, -0.1) is 10.2 Å². The van der Waals surface area contributed by atoms with Crippen molar-refractivity contribution in [2.45, 2.75) is 12.8 Å².